The molecule has 0 aliphatic carbocycles. The molecule has 0 unspecified atom stereocenters. The summed E-state index contributed by atoms with van der Waals surface area (Å²) in [5, 5.41) is 3.40. The molecule has 0 saturated carbocycles. The van der Waals surface area contributed by atoms with Crippen LogP contribution in [0.25, 0.3) is 0 Å². The summed E-state index contributed by atoms with van der Waals surface area (Å²) in [6, 6.07) is 2.06. The van der Waals surface area contributed by atoms with E-state index in [4.69, 9.17) is 0 Å². The fourth-order valence-electron chi connectivity index (χ4n) is 2.19. The van der Waals surface area contributed by atoms with Gasteiger partial charge in [0.25, 0.3) is 0 Å². The Morgan fingerprint density at radius 3 is 2.81 bits per heavy atom. The zero-order valence-electron chi connectivity index (χ0n) is 10.2. The largest absolute Gasteiger partial charge is 0.317 e. The van der Waals surface area contributed by atoms with Crippen LogP contribution >= 0.6 is 0 Å². The van der Waals surface area contributed by atoms with Crippen molar-refractivity contribution in [3.63, 3.8) is 0 Å². The van der Waals surface area contributed by atoms with Crippen molar-refractivity contribution in [1.29, 1.82) is 0 Å². The van der Waals surface area contributed by atoms with E-state index in [0.717, 1.165) is 31.3 Å². The van der Waals surface area contributed by atoms with E-state index >= 15 is 0 Å². The Balaban J connectivity index is 2.00. The molecule has 2 rings (SSSR count). The van der Waals surface area contributed by atoms with Gasteiger partial charge in [-0.3, -0.25) is 0 Å². The molecule has 0 spiro atoms. The van der Waals surface area contributed by atoms with Gasteiger partial charge in [0.2, 0.25) is 0 Å². The van der Waals surface area contributed by atoms with Crippen molar-refractivity contribution in [2.24, 2.45) is 5.92 Å². The third-order valence-electron chi connectivity index (χ3n) is 3.20. The number of aromatic nitrogens is 2. The lowest BCUT2D eigenvalue weighted by atomic mass is 9.93. The molecule has 0 aromatic carbocycles. The molecule has 1 aliphatic heterocycles. The van der Waals surface area contributed by atoms with Gasteiger partial charge in [-0.25, -0.2) is 9.97 Å². The first-order valence-electron chi connectivity index (χ1n) is 6.28. The lowest BCUT2D eigenvalue weighted by molar-refractivity contribution is 0.369. The molecule has 1 aliphatic rings. The highest BCUT2D eigenvalue weighted by atomic mass is 14.9. The molecule has 1 saturated heterocycles. The summed E-state index contributed by atoms with van der Waals surface area (Å²) >= 11 is 0. The predicted octanol–water partition coefficient (Wildman–Crippen LogP) is 2.14. The molecule has 16 heavy (non-hydrogen) atoms. The van der Waals surface area contributed by atoms with Crippen LogP contribution in [-0.2, 0) is 6.42 Å². The van der Waals surface area contributed by atoms with Crippen molar-refractivity contribution in [2.75, 3.05) is 13.1 Å². The van der Waals surface area contributed by atoms with Crippen molar-refractivity contribution < 1.29 is 0 Å². The predicted molar refractivity (Wildman–Crippen MR) is 65.4 cm³/mol. The third-order valence-corrected chi connectivity index (χ3v) is 3.20. The lowest BCUT2D eigenvalue weighted by Gasteiger charge is -2.22. The van der Waals surface area contributed by atoms with Crippen LogP contribution in [0.1, 0.15) is 44.1 Å². The first-order valence-corrected chi connectivity index (χ1v) is 6.28. The van der Waals surface area contributed by atoms with Crippen LogP contribution < -0.4 is 5.32 Å². The molecular weight excluding hydrogens is 198 g/mol. The maximum Gasteiger partial charge on any atom is 0.131 e. The van der Waals surface area contributed by atoms with Gasteiger partial charge in [-0.05, 0) is 44.3 Å². The zero-order valence-corrected chi connectivity index (χ0v) is 10.2. The molecule has 2 heterocycles. The molecule has 1 fully saturated rings. The summed E-state index contributed by atoms with van der Waals surface area (Å²) in [5.41, 5.74) is 1.21. The van der Waals surface area contributed by atoms with Gasteiger partial charge in [0, 0.05) is 17.8 Å². The van der Waals surface area contributed by atoms with E-state index in [2.05, 4.69) is 35.2 Å². The van der Waals surface area contributed by atoms with E-state index in [0.29, 0.717) is 5.92 Å². The van der Waals surface area contributed by atoms with Crippen molar-refractivity contribution in [1.82, 2.24) is 15.3 Å². The summed E-state index contributed by atoms with van der Waals surface area (Å²) in [4.78, 5) is 8.94. The first kappa shape index (κ1) is 11.5. The number of nitrogens with one attached hydrogen (secondary N) is 1. The smallest absolute Gasteiger partial charge is 0.131 e. The van der Waals surface area contributed by atoms with Crippen LogP contribution in [-0.4, -0.2) is 23.1 Å². The highest BCUT2D eigenvalue weighted by Crippen LogP contribution is 2.17. The molecule has 0 amide bonds. The van der Waals surface area contributed by atoms with Crippen molar-refractivity contribution in [3.05, 3.63) is 23.8 Å². The SMILES string of the molecule is CC(C)c1nccc(CC2CCNCC2)n1. The molecule has 88 valence electrons. The number of piperidine rings is 1. The number of rotatable bonds is 3. The van der Waals surface area contributed by atoms with E-state index < -0.39 is 0 Å². The third kappa shape index (κ3) is 3.01. The second-order valence-electron chi connectivity index (χ2n) is 4.96. The highest BCUT2D eigenvalue weighted by molar-refractivity contribution is 5.05. The second-order valence-corrected chi connectivity index (χ2v) is 4.96. The standard InChI is InChI=1S/C13H21N3/c1-10(2)13-15-8-5-12(16-13)9-11-3-6-14-7-4-11/h5,8,10-11,14H,3-4,6-7,9H2,1-2H3. The van der Waals surface area contributed by atoms with Crippen LogP contribution in [0.5, 0.6) is 0 Å². The van der Waals surface area contributed by atoms with Gasteiger partial charge in [-0.15, -0.1) is 0 Å². The molecule has 0 bridgehead atoms. The molecule has 1 aromatic heterocycles. The molecular formula is C13H21N3. The monoisotopic (exact) mass is 219 g/mol. The minimum Gasteiger partial charge on any atom is -0.317 e. The van der Waals surface area contributed by atoms with Gasteiger partial charge in [0.1, 0.15) is 5.82 Å². The Hall–Kier alpha value is -0.960. The lowest BCUT2D eigenvalue weighted by Crippen LogP contribution is -2.28. The van der Waals surface area contributed by atoms with Gasteiger partial charge in [0.05, 0.1) is 0 Å². The molecule has 0 atom stereocenters. The molecule has 3 nitrogen and oxygen atoms in total. The van der Waals surface area contributed by atoms with Gasteiger partial charge in [-0.2, -0.15) is 0 Å². The van der Waals surface area contributed by atoms with Gasteiger partial charge < -0.3 is 5.32 Å². The maximum absolute atomic E-state index is 4.63. The summed E-state index contributed by atoms with van der Waals surface area (Å²) in [5.74, 6) is 2.20. The van der Waals surface area contributed by atoms with Crippen LogP contribution in [0.2, 0.25) is 0 Å². The quantitative estimate of drug-likeness (QED) is 0.846. The van der Waals surface area contributed by atoms with E-state index in [1.54, 1.807) is 0 Å². The normalized spacial score (nSPS) is 17.9. The van der Waals surface area contributed by atoms with E-state index in [9.17, 15) is 0 Å². The second kappa shape index (κ2) is 5.39. The van der Waals surface area contributed by atoms with E-state index in [1.807, 2.05) is 6.20 Å². The van der Waals surface area contributed by atoms with Crippen LogP contribution in [0, 0.1) is 5.92 Å². The molecule has 1 N–H and O–H groups in total. The average Bonchev–Trinajstić information content (AvgIpc) is 2.30. The topological polar surface area (TPSA) is 37.8 Å². The van der Waals surface area contributed by atoms with Crippen molar-refractivity contribution in [3.8, 4) is 0 Å². The summed E-state index contributed by atoms with van der Waals surface area (Å²) in [6.45, 7) is 6.60. The zero-order chi connectivity index (χ0) is 11.4. The fraction of sp³-hybridized carbons (Fsp3) is 0.692. The average molecular weight is 219 g/mol. The Morgan fingerprint density at radius 2 is 2.12 bits per heavy atom. The number of nitrogens with zero attached hydrogens (tertiary/aromatic N) is 2. The molecule has 1 aromatic rings. The van der Waals surface area contributed by atoms with Crippen LogP contribution in [0.4, 0.5) is 0 Å². The van der Waals surface area contributed by atoms with Crippen molar-refractivity contribution in [2.45, 2.75) is 39.0 Å². The maximum atomic E-state index is 4.63. The first-order chi connectivity index (χ1) is 7.75. The number of hydrogen-bond acceptors (Lipinski definition) is 3. The fourth-order valence-corrected chi connectivity index (χ4v) is 2.19. The van der Waals surface area contributed by atoms with Gasteiger partial charge in [-0.1, -0.05) is 13.8 Å². The van der Waals surface area contributed by atoms with Gasteiger partial charge in [0.15, 0.2) is 0 Å². The summed E-state index contributed by atoms with van der Waals surface area (Å²) in [6.07, 6.45) is 5.57. The van der Waals surface area contributed by atoms with Crippen LogP contribution in [0.15, 0.2) is 12.3 Å². The minimum absolute atomic E-state index is 0.424. The van der Waals surface area contributed by atoms with E-state index in [1.165, 1.54) is 18.5 Å². The van der Waals surface area contributed by atoms with E-state index in [-0.39, 0.29) is 0 Å². The summed E-state index contributed by atoms with van der Waals surface area (Å²) in [7, 11) is 0. The molecule has 3 heteroatoms. The molecule has 0 radical (unpaired) electrons. The minimum atomic E-state index is 0.424. The van der Waals surface area contributed by atoms with Crippen LogP contribution in [0.3, 0.4) is 0 Å². The highest BCUT2D eigenvalue weighted by Gasteiger charge is 2.14. The Bertz CT molecular complexity index is 330. The number of hydrogen-bond donors (Lipinski definition) is 1. The Kier molecular flexibility index (Phi) is 3.88. The van der Waals surface area contributed by atoms with Crippen molar-refractivity contribution >= 4 is 0 Å². The van der Waals surface area contributed by atoms with Gasteiger partial charge >= 0.3 is 0 Å². The Labute approximate surface area is 97.7 Å². The Morgan fingerprint density at radius 1 is 1.38 bits per heavy atom. The summed E-state index contributed by atoms with van der Waals surface area (Å²) < 4.78 is 0.